The predicted molar refractivity (Wildman–Crippen MR) is 97.5 cm³/mol. The number of hydrogen-bond donors (Lipinski definition) is 1. The molecular weight excluding hydrogens is 318 g/mol. The summed E-state index contributed by atoms with van der Waals surface area (Å²) < 4.78 is 26.7. The second-order valence-corrected chi connectivity index (χ2v) is 7.18. The number of piperidine rings is 1. The van der Waals surface area contributed by atoms with E-state index in [1.165, 1.54) is 30.7 Å². The minimum absolute atomic E-state index is 0.0908. The average Bonchev–Trinajstić information content (AvgIpc) is 2.62. The number of nitrogens with two attached hydrogens (primary N) is 1. The van der Waals surface area contributed by atoms with E-state index in [-0.39, 0.29) is 23.6 Å². The molecule has 2 aromatic rings. The lowest BCUT2D eigenvalue weighted by Gasteiger charge is -2.36. The lowest BCUT2D eigenvalue weighted by Crippen LogP contribution is -2.43. The molecule has 1 aliphatic heterocycles. The number of likely N-dealkylation sites (tertiary alicyclic amines) is 1. The molecule has 2 N–H and O–H groups in total. The molecule has 1 heterocycles. The molecule has 4 heteroatoms. The minimum Gasteiger partial charge on any atom is -0.328 e. The highest BCUT2D eigenvalue weighted by molar-refractivity contribution is 5.33. The van der Waals surface area contributed by atoms with Gasteiger partial charge in [0.15, 0.2) is 0 Å². The summed E-state index contributed by atoms with van der Waals surface area (Å²) in [6, 6.07) is 13.5. The SMILES string of the molecule is CC(N)C1CCCN(CC(c2ccc(F)cc2)c2ccc(F)cc2)C1. The Morgan fingerprint density at radius 2 is 1.52 bits per heavy atom. The van der Waals surface area contributed by atoms with Crippen molar-refractivity contribution >= 4 is 0 Å². The zero-order valence-electron chi connectivity index (χ0n) is 14.7. The minimum atomic E-state index is -0.239. The van der Waals surface area contributed by atoms with Gasteiger partial charge < -0.3 is 10.6 Å². The van der Waals surface area contributed by atoms with Crippen LogP contribution in [0.1, 0.15) is 36.8 Å². The number of hydrogen-bond acceptors (Lipinski definition) is 2. The molecular formula is C21H26F2N2. The monoisotopic (exact) mass is 344 g/mol. The number of nitrogens with zero attached hydrogens (tertiary/aromatic N) is 1. The normalized spacial score (nSPS) is 20.0. The quantitative estimate of drug-likeness (QED) is 0.883. The number of rotatable bonds is 5. The van der Waals surface area contributed by atoms with Gasteiger partial charge in [-0.3, -0.25) is 0 Å². The van der Waals surface area contributed by atoms with E-state index in [0.717, 1.165) is 37.2 Å². The van der Waals surface area contributed by atoms with E-state index in [1.807, 2.05) is 24.3 Å². The maximum absolute atomic E-state index is 13.3. The highest BCUT2D eigenvalue weighted by atomic mass is 19.1. The van der Waals surface area contributed by atoms with Crippen molar-refractivity contribution < 1.29 is 8.78 Å². The van der Waals surface area contributed by atoms with Gasteiger partial charge in [0.25, 0.3) is 0 Å². The summed E-state index contributed by atoms with van der Waals surface area (Å²) >= 11 is 0. The van der Waals surface area contributed by atoms with Gasteiger partial charge in [-0.2, -0.15) is 0 Å². The van der Waals surface area contributed by atoms with Crippen molar-refractivity contribution in [3.8, 4) is 0 Å². The highest BCUT2D eigenvalue weighted by Gasteiger charge is 2.26. The van der Waals surface area contributed by atoms with Gasteiger partial charge in [-0.15, -0.1) is 0 Å². The summed E-state index contributed by atoms with van der Waals surface area (Å²) in [7, 11) is 0. The molecule has 2 atom stereocenters. The van der Waals surface area contributed by atoms with E-state index >= 15 is 0 Å². The Kier molecular flexibility index (Phi) is 5.82. The lowest BCUT2D eigenvalue weighted by molar-refractivity contribution is 0.157. The fraction of sp³-hybridized carbons (Fsp3) is 0.429. The molecule has 2 aromatic carbocycles. The van der Waals surface area contributed by atoms with E-state index in [2.05, 4.69) is 11.8 Å². The first-order chi connectivity index (χ1) is 12.0. The standard InChI is InChI=1S/C21H26F2N2/c1-15(24)18-3-2-12-25(13-18)14-21(16-4-8-19(22)9-5-16)17-6-10-20(23)11-7-17/h4-11,15,18,21H,2-3,12-14,24H2,1H3. The van der Waals surface area contributed by atoms with Crippen molar-refractivity contribution in [3.05, 3.63) is 71.3 Å². The van der Waals surface area contributed by atoms with Crippen LogP contribution in [0.25, 0.3) is 0 Å². The van der Waals surface area contributed by atoms with Crippen LogP contribution < -0.4 is 5.73 Å². The van der Waals surface area contributed by atoms with E-state index < -0.39 is 0 Å². The zero-order chi connectivity index (χ0) is 17.8. The fourth-order valence-electron chi connectivity index (χ4n) is 3.74. The van der Waals surface area contributed by atoms with Gasteiger partial charge in [0.05, 0.1) is 0 Å². The third kappa shape index (κ3) is 4.65. The Labute approximate surface area is 148 Å². The van der Waals surface area contributed by atoms with Crippen molar-refractivity contribution in [3.63, 3.8) is 0 Å². The summed E-state index contributed by atoms with van der Waals surface area (Å²) in [6.07, 6.45) is 2.32. The highest BCUT2D eigenvalue weighted by Crippen LogP contribution is 2.29. The third-order valence-electron chi connectivity index (χ3n) is 5.27. The molecule has 0 aliphatic carbocycles. The molecule has 3 rings (SSSR count). The van der Waals surface area contributed by atoms with Crippen LogP contribution in [0.15, 0.2) is 48.5 Å². The largest absolute Gasteiger partial charge is 0.328 e. The number of halogens is 2. The Hall–Kier alpha value is -1.78. The van der Waals surface area contributed by atoms with E-state index in [1.54, 1.807) is 0 Å². The van der Waals surface area contributed by atoms with E-state index in [4.69, 9.17) is 5.73 Å². The molecule has 2 nitrogen and oxygen atoms in total. The second kappa shape index (κ2) is 8.07. The van der Waals surface area contributed by atoms with E-state index in [9.17, 15) is 8.78 Å². The van der Waals surface area contributed by atoms with Crippen LogP contribution in [0.4, 0.5) is 8.78 Å². The lowest BCUT2D eigenvalue weighted by atomic mass is 9.88. The van der Waals surface area contributed by atoms with Crippen molar-refractivity contribution in [2.24, 2.45) is 11.7 Å². The summed E-state index contributed by atoms with van der Waals surface area (Å²) in [5, 5.41) is 0. The predicted octanol–water partition coefficient (Wildman–Crippen LogP) is 4.16. The van der Waals surface area contributed by atoms with Gasteiger partial charge in [-0.05, 0) is 67.6 Å². The molecule has 2 unspecified atom stereocenters. The van der Waals surface area contributed by atoms with Gasteiger partial charge in [0.1, 0.15) is 11.6 Å². The Balaban J connectivity index is 1.83. The Morgan fingerprint density at radius 1 is 1.00 bits per heavy atom. The van der Waals surface area contributed by atoms with Crippen LogP contribution >= 0.6 is 0 Å². The molecule has 1 aliphatic rings. The molecule has 0 amide bonds. The topological polar surface area (TPSA) is 29.3 Å². The van der Waals surface area contributed by atoms with Crippen molar-refractivity contribution in [1.82, 2.24) is 4.90 Å². The molecule has 25 heavy (non-hydrogen) atoms. The first kappa shape index (κ1) is 18.0. The molecule has 0 bridgehead atoms. The molecule has 1 fully saturated rings. The third-order valence-corrected chi connectivity index (χ3v) is 5.27. The molecule has 134 valence electrons. The van der Waals surface area contributed by atoms with Crippen LogP contribution in [0.5, 0.6) is 0 Å². The molecule has 0 radical (unpaired) electrons. The van der Waals surface area contributed by atoms with Crippen LogP contribution in [0.2, 0.25) is 0 Å². The first-order valence-corrected chi connectivity index (χ1v) is 9.02. The van der Waals surface area contributed by atoms with Crippen LogP contribution in [-0.4, -0.2) is 30.6 Å². The summed E-state index contributed by atoms with van der Waals surface area (Å²) in [6.45, 7) is 4.94. The van der Waals surface area contributed by atoms with Crippen molar-refractivity contribution in [2.75, 3.05) is 19.6 Å². The van der Waals surface area contributed by atoms with E-state index in [0.29, 0.717) is 5.92 Å². The van der Waals surface area contributed by atoms with Crippen molar-refractivity contribution in [2.45, 2.75) is 31.7 Å². The summed E-state index contributed by atoms with van der Waals surface area (Å²) in [4.78, 5) is 2.44. The van der Waals surface area contributed by atoms with Gasteiger partial charge in [0.2, 0.25) is 0 Å². The van der Waals surface area contributed by atoms with Gasteiger partial charge >= 0.3 is 0 Å². The smallest absolute Gasteiger partial charge is 0.123 e. The Bertz CT molecular complexity index is 622. The summed E-state index contributed by atoms with van der Waals surface area (Å²) in [5.74, 6) is 0.122. The van der Waals surface area contributed by atoms with Crippen LogP contribution in [-0.2, 0) is 0 Å². The van der Waals surface area contributed by atoms with Crippen LogP contribution in [0.3, 0.4) is 0 Å². The second-order valence-electron chi connectivity index (χ2n) is 7.18. The summed E-state index contributed by atoms with van der Waals surface area (Å²) in [5.41, 5.74) is 8.21. The zero-order valence-corrected chi connectivity index (χ0v) is 14.7. The fourth-order valence-corrected chi connectivity index (χ4v) is 3.74. The maximum atomic E-state index is 13.3. The number of benzene rings is 2. The van der Waals surface area contributed by atoms with Gasteiger partial charge in [-0.1, -0.05) is 24.3 Å². The molecule has 0 aromatic heterocycles. The van der Waals surface area contributed by atoms with Crippen molar-refractivity contribution in [1.29, 1.82) is 0 Å². The average molecular weight is 344 g/mol. The first-order valence-electron chi connectivity index (χ1n) is 9.02. The van der Waals surface area contributed by atoms with Crippen LogP contribution in [0, 0.1) is 17.6 Å². The van der Waals surface area contributed by atoms with Gasteiger partial charge in [-0.25, -0.2) is 8.78 Å². The molecule has 0 spiro atoms. The maximum Gasteiger partial charge on any atom is 0.123 e. The van der Waals surface area contributed by atoms with Gasteiger partial charge in [0, 0.05) is 25.0 Å². The Morgan fingerprint density at radius 3 is 2.00 bits per heavy atom. The molecule has 0 saturated carbocycles. The molecule has 1 saturated heterocycles.